The molecule has 1 aromatic rings. The van der Waals surface area contributed by atoms with Gasteiger partial charge in [0.05, 0.1) is 13.2 Å². The zero-order valence-electron chi connectivity index (χ0n) is 13.0. The maximum atomic E-state index is 12.9. The average Bonchev–Trinajstić information content (AvgIpc) is 3.23. The molecule has 3 aliphatic rings. The molecule has 4 rings (SSSR count). The predicted octanol–water partition coefficient (Wildman–Crippen LogP) is 1.56. The number of likely N-dealkylation sites (tertiary alicyclic amines) is 1. The first-order valence-electron chi connectivity index (χ1n) is 8.47. The molecule has 3 heterocycles. The summed E-state index contributed by atoms with van der Waals surface area (Å²) in [6.45, 7) is 5.56. The molecule has 3 aliphatic heterocycles. The molecule has 0 aromatic heterocycles. The number of carbonyl (C=O) groups excluding carboxylic acids is 1. The Hall–Kier alpha value is -1.39. The fourth-order valence-corrected chi connectivity index (χ4v) is 4.13. The van der Waals surface area contributed by atoms with Gasteiger partial charge in [-0.2, -0.15) is 0 Å². The normalized spacial score (nSPS) is 30.7. The quantitative estimate of drug-likeness (QED) is 0.921. The lowest BCUT2D eigenvalue weighted by molar-refractivity contribution is 0.0750. The first-order chi connectivity index (χ1) is 10.8. The summed E-state index contributed by atoms with van der Waals surface area (Å²) < 4.78 is 5.51. The van der Waals surface area contributed by atoms with Crippen LogP contribution in [-0.2, 0) is 11.2 Å². The molecular formula is C18H24N2O2. The molecule has 4 heteroatoms. The van der Waals surface area contributed by atoms with E-state index in [1.807, 2.05) is 17.0 Å². The number of nitrogens with zero attached hydrogens (tertiary/aromatic N) is 1. The lowest BCUT2D eigenvalue weighted by Gasteiger charge is -2.20. The van der Waals surface area contributed by atoms with Crippen LogP contribution in [0.4, 0.5) is 0 Å². The Balaban J connectivity index is 1.50. The van der Waals surface area contributed by atoms with Crippen molar-refractivity contribution in [3.63, 3.8) is 0 Å². The SMILES string of the molecule is O=C(c1ccccc1CC1CCNC1)N1C[C@H]2COC[C@H]2C1. The highest BCUT2D eigenvalue weighted by molar-refractivity contribution is 5.96. The van der Waals surface area contributed by atoms with Gasteiger partial charge in [-0.3, -0.25) is 4.79 Å². The van der Waals surface area contributed by atoms with Crippen LogP contribution in [-0.4, -0.2) is 50.2 Å². The first-order valence-corrected chi connectivity index (χ1v) is 8.47. The average molecular weight is 300 g/mol. The van der Waals surface area contributed by atoms with Gasteiger partial charge in [-0.25, -0.2) is 0 Å². The lowest BCUT2D eigenvalue weighted by atomic mass is 9.94. The number of ether oxygens (including phenoxy) is 1. The van der Waals surface area contributed by atoms with Gasteiger partial charge in [0.25, 0.3) is 5.91 Å². The smallest absolute Gasteiger partial charge is 0.254 e. The van der Waals surface area contributed by atoms with Crippen LogP contribution in [0.2, 0.25) is 0 Å². The number of hydrogen-bond donors (Lipinski definition) is 1. The third kappa shape index (κ3) is 2.66. The molecule has 1 N–H and O–H groups in total. The zero-order chi connectivity index (χ0) is 14.9. The summed E-state index contributed by atoms with van der Waals surface area (Å²) in [6, 6.07) is 8.18. The topological polar surface area (TPSA) is 41.6 Å². The van der Waals surface area contributed by atoms with E-state index in [-0.39, 0.29) is 5.91 Å². The van der Waals surface area contributed by atoms with Gasteiger partial charge < -0.3 is 15.0 Å². The Morgan fingerprint density at radius 2 is 2.00 bits per heavy atom. The van der Waals surface area contributed by atoms with E-state index < -0.39 is 0 Å². The second-order valence-electron chi connectivity index (χ2n) is 6.99. The third-order valence-corrected chi connectivity index (χ3v) is 5.45. The molecule has 1 amide bonds. The molecule has 0 aliphatic carbocycles. The van der Waals surface area contributed by atoms with E-state index in [9.17, 15) is 4.79 Å². The van der Waals surface area contributed by atoms with E-state index in [1.54, 1.807) is 0 Å². The maximum absolute atomic E-state index is 12.9. The Morgan fingerprint density at radius 1 is 1.23 bits per heavy atom. The maximum Gasteiger partial charge on any atom is 0.254 e. The molecule has 1 aromatic carbocycles. The van der Waals surface area contributed by atoms with Crippen molar-refractivity contribution in [3.8, 4) is 0 Å². The summed E-state index contributed by atoms with van der Waals surface area (Å²) in [5.41, 5.74) is 2.13. The van der Waals surface area contributed by atoms with Crippen molar-refractivity contribution >= 4 is 5.91 Å². The number of nitrogens with one attached hydrogen (secondary N) is 1. The number of fused-ring (bicyclic) bond motifs is 1. The van der Waals surface area contributed by atoms with Gasteiger partial charge in [-0.1, -0.05) is 18.2 Å². The van der Waals surface area contributed by atoms with Crippen LogP contribution in [0, 0.1) is 17.8 Å². The number of amides is 1. The molecule has 118 valence electrons. The molecular weight excluding hydrogens is 276 g/mol. The number of rotatable bonds is 3. The van der Waals surface area contributed by atoms with Crippen LogP contribution in [0.3, 0.4) is 0 Å². The van der Waals surface area contributed by atoms with Gasteiger partial charge in [0.2, 0.25) is 0 Å². The minimum atomic E-state index is 0.218. The third-order valence-electron chi connectivity index (χ3n) is 5.45. The minimum Gasteiger partial charge on any atom is -0.381 e. The Kier molecular flexibility index (Phi) is 3.89. The molecule has 3 saturated heterocycles. The van der Waals surface area contributed by atoms with Crippen molar-refractivity contribution in [2.75, 3.05) is 39.4 Å². The van der Waals surface area contributed by atoms with Gasteiger partial charge in [0.15, 0.2) is 0 Å². The first kappa shape index (κ1) is 14.2. The van der Waals surface area contributed by atoms with E-state index in [4.69, 9.17) is 4.74 Å². The number of hydrogen-bond acceptors (Lipinski definition) is 3. The van der Waals surface area contributed by atoms with Crippen LogP contribution in [0.1, 0.15) is 22.3 Å². The number of benzene rings is 1. The van der Waals surface area contributed by atoms with E-state index in [1.165, 1.54) is 12.0 Å². The van der Waals surface area contributed by atoms with Crippen LogP contribution in [0.5, 0.6) is 0 Å². The van der Waals surface area contributed by atoms with Crippen molar-refractivity contribution in [1.29, 1.82) is 0 Å². The van der Waals surface area contributed by atoms with E-state index in [0.717, 1.165) is 51.4 Å². The second-order valence-corrected chi connectivity index (χ2v) is 6.99. The molecule has 3 atom stereocenters. The highest BCUT2D eigenvalue weighted by Crippen LogP contribution is 2.30. The van der Waals surface area contributed by atoms with Crippen molar-refractivity contribution in [3.05, 3.63) is 35.4 Å². The Bertz CT molecular complexity index is 542. The fraction of sp³-hybridized carbons (Fsp3) is 0.611. The summed E-state index contributed by atoms with van der Waals surface area (Å²) in [6.07, 6.45) is 2.23. The molecule has 0 bridgehead atoms. The fourth-order valence-electron chi connectivity index (χ4n) is 4.13. The predicted molar refractivity (Wildman–Crippen MR) is 84.8 cm³/mol. The van der Waals surface area contributed by atoms with Crippen LogP contribution >= 0.6 is 0 Å². The Labute approximate surface area is 131 Å². The van der Waals surface area contributed by atoms with Gasteiger partial charge in [0, 0.05) is 30.5 Å². The molecule has 0 spiro atoms. The van der Waals surface area contributed by atoms with Gasteiger partial charge in [0.1, 0.15) is 0 Å². The summed E-state index contributed by atoms with van der Waals surface area (Å²) in [5.74, 6) is 1.99. The summed E-state index contributed by atoms with van der Waals surface area (Å²) in [4.78, 5) is 15.0. The molecule has 1 unspecified atom stereocenters. The van der Waals surface area contributed by atoms with Crippen molar-refractivity contribution in [1.82, 2.24) is 10.2 Å². The van der Waals surface area contributed by atoms with Crippen LogP contribution in [0.15, 0.2) is 24.3 Å². The molecule has 0 saturated carbocycles. The summed E-state index contributed by atoms with van der Waals surface area (Å²) in [5, 5.41) is 3.41. The lowest BCUT2D eigenvalue weighted by Crippen LogP contribution is -2.31. The highest BCUT2D eigenvalue weighted by atomic mass is 16.5. The summed E-state index contributed by atoms with van der Waals surface area (Å²) >= 11 is 0. The van der Waals surface area contributed by atoms with Gasteiger partial charge >= 0.3 is 0 Å². The summed E-state index contributed by atoms with van der Waals surface area (Å²) in [7, 11) is 0. The van der Waals surface area contributed by atoms with Gasteiger partial charge in [-0.05, 0) is 43.5 Å². The minimum absolute atomic E-state index is 0.218. The van der Waals surface area contributed by atoms with Crippen LogP contribution in [0.25, 0.3) is 0 Å². The second kappa shape index (κ2) is 6.01. The molecule has 0 radical (unpaired) electrons. The Morgan fingerprint density at radius 3 is 2.73 bits per heavy atom. The van der Waals surface area contributed by atoms with Gasteiger partial charge in [-0.15, -0.1) is 0 Å². The molecule has 4 nitrogen and oxygen atoms in total. The van der Waals surface area contributed by atoms with Crippen LogP contribution < -0.4 is 5.32 Å². The van der Waals surface area contributed by atoms with E-state index in [2.05, 4.69) is 17.4 Å². The van der Waals surface area contributed by atoms with E-state index >= 15 is 0 Å². The zero-order valence-corrected chi connectivity index (χ0v) is 13.0. The molecule has 22 heavy (non-hydrogen) atoms. The number of carbonyl (C=O) groups is 1. The highest BCUT2D eigenvalue weighted by Gasteiger charge is 2.39. The molecule has 3 fully saturated rings. The van der Waals surface area contributed by atoms with Crippen molar-refractivity contribution in [2.45, 2.75) is 12.8 Å². The van der Waals surface area contributed by atoms with Crippen molar-refractivity contribution in [2.24, 2.45) is 17.8 Å². The standard InChI is InChI=1S/C18H24N2O2/c21-18(20-9-15-11-22-12-16(15)10-20)17-4-2-1-3-14(17)7-13-5-6-19-8-13/h1-4,13,15-16,19H,5-12H2/t13?,15-,16+. The van der Waals surface area contributed by atoms with Crippen molar-refractivity contribution < 1.29 is 9.53 Å². The monoisotopic (exact) mass is 300 g/mol. The largest absolute Gasteiger partial charge is 0.381 e. The van der Waals surface area contributed by atoms with E-state index in [0.29, 0.717) is 17.8 Å².